The summed E-state index contributed by atoms with van der Waals surface area (Å²) < 4.78 is 5.97. The summed E-state index contributed by atoms with van der Waals surface area (Å²) in [6.07, 6.45) is 1.86. The number of carbonyl (C=O) groups is 1. The van der Waals surface area contributed by atoms with E-state index in [0.717, 1.165) is 11.1 Å². The Bertz CT molecular complexity index is 1080. The Balaban J connectivity index is 1.47. The van der Waals surface area contributed by atoms with Crippen molar-refractivity contribution in [3.05, 3.63) is 87.6 Å². The Morgan fingerprint density at radius 1 is 1.24 bits per heavy atom. The van der Waals surface area contributed by atoms with E-state index in [4.69, 9.17) is 4.74 Å². The summed E-state index contributed by atoms with van der Waals surface area (Å²) in [5.41, 5.74) is 3.86. The molecule has 7 nitrogen and oxygen atoms in total. The van der Waals surface area contributed by atoms with Gasteiger partial charge in [0.1, 0.15) is 12.4 Å². The number of carbonyl (C=O) groups excluding carboxylic acids is 1. The highest BCUT2D eigenvalue weighted by molar-refractivity contribution is 5.91. The minimum absolute atomic E-state index is 0.134. The molecular formula is C22H22N4O3. The van der Waals surface area contributed by atoms with Crippen LogP contribution >= 0.6 is 0 Å². The fourth-order valence-corrected chi connectivity index (χ4v) is 3.32. The summed E-state index contributed by atoms with van der Waals surface area (Å²) in [6.45, 7) is 3.15. The number of amides is 2. The molecule has 148 valence electrons. The topological polar surface area (TPSA) is 87.3 Å². The number of ether oxygens (including phenoxy) is 1. The number of nitrogens with zero attached hydrogens (tertiary/aromatic N) is 2. The van der Waals surface area contributed by atoms with Crippen molar-refractivity contribution in [1.29, 1.82) is 0 Å². The maximum absolute atomic E-state index is 12.8. The van der Waals surface area contributed by atoms with Crippen LogP contribution in [0.3, 0.4) is 0 Å². The third kappa shape index (κ3) is 4.29. The molecule has 7 heteroatoms. The highest BCUT2D eigenvalue weighted by Gasteiger charge is 2.24. The van der Waals surface area contributed by atoms with Crippen LogP contribution < -0.4 is 15.6 Å². The van der Waals surface area contributed by atoms with Gasteiger partial charge in [-0.1, -0.05) is 36.4 Å². The molecule has 0 spiro atoms. The predicted molar refractivity (Wildman–Crippen MR) is 110 cm³/mol. The van der Waals surface area contributed by atoms with Gasteiger partial charge in [-0.05, 0) is 36.6 Å². The molecule has 1 aromatic heterocycles. The zero-order valence-corrected chi connectivity index (χ0v) is 16.1. The van der Waals surface area contributed by atoms with Crippen molar-refractivity contribution in [3.8, 4) is 5.75 Å². The molecule has 29 heavy (non-hydrogen) atoms. The van der Waals surface area contributed by atoms with E-state index in [1.54, 1.807) is 4.90 Å². The van der Waals surface area contributed by atoms with E-state index in [2.05, 4.69) is 15.3 Å². The van der Waals surface area contributed by atoms with Gasteiger partial charge in [0.2, 0.25) is 0 Å². The van der Waals surface area contributed by atoms with Crippen molar-refractivity contribution in [2.24, 2.45) is 0 Å². The van der Waals surface area contributed by atoms with Crippen LogP contribution in [0.5, 0.6) is 5.75 Å². The Morgan fingerprint density at radius 3 is 2.90 bits per heavy atom. The number of fused-ring (bicyclic) bond motifs is 1. The summed E-state index contributed by atoms with van der Waals surface area (Å²) in [4.78, 5) is 33.1. The molecule has 2 N–H and O–H groups in total. The average Bonchev–Trinajstić information content (AvgIpc) is 2.74. The van der Waals surface area contributed by atoms with Crippen LogP contribution in [0.4, 0.5) is 10.5 Å². The van der Waals surface area contributed by atoms with Crippen molar-refractivity contribution >= 4 is 11.7 Å². The Hall–Kier alpha value is -3.61. The van der Waals surface area contributed by atoms with E-state index in [1.807, 2.05) is 55.5 Å². The van der Waals surface area contributed by atoms with Crippen LogP contribution in [0.1, 0.15) is 22.4 Å². The molecule has 3 aromatic rings. The first-order chi connectivity index (χ1) is 14.1. The van der Waals surface area contributed by atoms with Crippen LogP contribution in [0.15, 0.2) is 59.7 Å². The summed E-state index contributed by atoms with van der Waals surface area (Å²) in [5.74, 6) is 0.620. The second-order valence-corrected chi connectivity index (χ2v) is 7.03. The highest BCUT2D eigenvalue weighted by Crippen LogP contribution is 2.27. The van der Waals surface area contributed by atoms with Gasteiger partial charge in [-0.25, -0.2) is 9.78 Å². The van der Waals surface area contributed by atoms with E-state index >= 15 is 0 Å². The standard InChI is InChI=1S/C22H22N4O3/c1-15-7-8-18(20(11-15)29-13-16-5-3-2-4-6-16)25-22(28)26-10-9-17-19(12-26)23-14-24-21(17)27/h2-8,11,14H,9-10,12-13H2,1H3,(H,25,28)(H,23,24,27). The van der Waals surface area contributed by atoms with Crippen molar-refractivity contribution in [2.75, 3.05) is 11.9 Å². The molecular weight excluding hydrogens is 368 g/mol. The zero-order valence-electron chi connectivity index (χ0n) is 16.1. The quantitative estimate of drug-likeness (QED) is 0.716. The van der Waals surface area contributed by atoms with Crippen molar-refractivity contribution in [2.45, 2.75) is 26.5 Å². The number of aryl methyl sites for hydroxylation is 1. The molecule has 1 aliphatic heterocycles. The Morgan fingerprint density at radius 2 is 2.07 bits per heavy atom. The fraction of sp³-hybridized carbons (Fsp3) is 0.227. The molecule has 2 heterocycles. The first kappa shape index (κ1) is 18.7. The fourth-order valence-electron chi connectivity index (χ4n) is 3.32. The molecule has 0 fully saturated rings. The summed E-state index contributed by atoms with van der Waals surface area (Å²) in [7, 11) is 0. The summed E-state index contributed by atoms with van der Waals surface area (Å²) in [6, 6.07) is 15.3. The molecule has 0 radical (unpaired) electrons. The number of aromatic amines is 1. The van der Waals surface area contributed by atoms with Crippen LogP contribution in [0.2, 0.25) is 0 Å². The van der Waals surface area contributed by atoms with Gasteiger partial charge in [0, 0.05) is 12.1 Å². The number of urea groups is 1. The molecule has 0 atom stereocenters. The molecule has 0 saturated carbocycles. The molecule has 4 rings (SSSR count). The third-order valence-electron chi connectivity index (χ3n) is 4.91. The van der Waals surface area contributed by atoms with Gasteiger partial charge in [-0.3, -0.25) is 4.79 Å². The highest BCUT2D eigenvalue weighted by atomic mass is 16.5. The molecule has 0 aliphatic carbocycles. The monoisotopic (exact) mass is 390 g/mol. The van der Waals surface area contributed by atoms with Crippen LogP contribution in [0, 0.1) is 6.92 Å². The number of H-pyrrole nitrogens is 1. The number of rotatable bonds is 4. The molecule has 2 amide bonds. The second kappa shape index (κ2) is 8.18. The normalized spacial score (nSPS) is 12.9. The van der Waals surface area contributed by atoms with Crippen LogP contribution in [-0.2, 0) is 19.6 Å². The first-order valence-corrected chi connectivity index (χ1v) is 9.49. The van der Waals surface area contributed by atoms with Crippen LogP contribution in [0.25, 0.3) is 0 Å². The van der Waals surface area contributed by atoms with Crippen molar-refractivity contribution < 1.29 is 9.53 Å². The van der Waals surface area contributed by atoms with Gasteiger partial charge in [-0.2, -0.15) is 0 Å². The van der Waals surface area contributed by atoms with E-state index in [1.165, 1.54) is 6.33 Å². The molecule has 0 saturated heterocycles. The summed E-state index contributed by atoms with van der Waals surface area (Å²) in [5, 5.41) is 2.94. The van der Waals surface area contributed by atoms with Gasteiger partial charge >= 0.3 is 6.03 Å². The van der Waals surface area contributed by atoms with Gasteiger partial charge in [-0.15, -0.1) is 0 Å². The number of anilines is 1. The smallest absolute Gasteiger partial charge is 0.322 e. The number of nitrogens with one attached hydrogen (secondary N) is 2. The largest absolute Gasteiger partial charge is 0.487 e. The van der Waals surface area contributed by atoms with E-state index < -0.39 is 0 Å². The Labute approximate surface area is 168 Å². The molecule has 2 aromatic carbocycles. The lowest BCUT2D eigenvalue weighted by Crippen LogP contribution is -2.41. The first-order valence-electron chi connectivity index (χ1n) is 9.49. The second-order valence-electron chi connectivity index (χ2n) is 7.03. The molecule has 0 bridgehead atoms. The number of hydrogen-bond acceptors (Lipinski definition) is 4. The number of benzene rings is 2. The summed E-state index contributed by atoms with van der Waals surface area (Å²) >= 11 is 0. The van der Waals surface area contributed by atoms with Gasteiger partial charge in [0.15, 0.2) is 0 Å². The maximum atomic E-state index is 12.8. The lowest BCUT2D eigenvalue weighted by molar-refractivity contribution is 0.205. The van der Waals surface area contributed by atoms with Crippen molar-refractivity contribution in [3.63, 3.8) is 0 Å². The van der Waals surface area contributed by atoms with Crippen molar-refractivity contribution in [1.82, 2.24) is 14.9 Å². The van der Waals surface area contributed by atoms with E-state index in [0.29, 0.717) is 48.8 Å². The zero-order chi connectivity index (χ0) is 20.2. The number of hydrogen-bond donors (Lipinski definition) is 2. The van der Waals surface area contributed by atoms with Gasteiger partial charge in [0.25, 0.3) is 5.56 Å². The lowest BCUT2D eigenvalue weighted by atomic mass is 10.1. The predicted octanol–water partition coefficient (Wildman–Crippen LogP) is 3.25. The SMILES string of the molecule is Cc1ccc(NC(=O)N2CCc3c(nc[nH]c3=O)C2)c(OCc2ccccc2)c1. The minimum atomic E-state index is -0.244. The average molecular weight is 390 g/mol. The maximum Gasteiger partial charge on any atom is 0.322 e. The van der Waals surface area contributed by atoms with Crippen LogP contribution in [-0.4, -0.2) is 27.4 Å². The van der Waals surface area contributed by atoms with Gasteiger partial charge < -0.3 is 19.9 Å². The van der Waals surface area contributed by atoms with Gasteiger partial charge in [0.05, 0.1) is 24.3 Å². The van der Waals surface area contributed by atoms with E-state index in [-0.39, 0.29) is 11.6 Å². The number of aromatic nitrogens is 2. The lowest BCUT2D eigenvalue weighted by Gasteiger charge is -2.28. The Kier molecular flexibility index (Phi) is 5.29. The van der Waals surface area contributed by atoms with E-state index in [9.17, 15) is 9.59 Å². The molecule has 0 unspecified atom stereocenters. The minimum Gasteiger partial charge on any atom is -0.487 e. The third-order valence-corrected chi connectivity index (χ3v) is 4.91. The molecule has 1 aliphatic rings.